The minimum Gasteiger partial charge on any atom is -0.490 e. The average molecular weight is 1030 g/mol. The first-order chi connectivity index (χ1) is 31.3. The predicted octanol–water partition coefficient (Wildman–Crippen LogP) is 10.5. The predicted molar refractivity (Wildman–Crippen MR) is 244 cm³/mol. The van der Waals surface area contributed by atoms with Gasteiger partial charge in [-0.3, -0.25) is 4.18 Å². The van der Waals surface area contributed by atoms with Gasteiger partial charge in [0.15, 0.2) is 42.8 Å². The first kappa shape index (κ1) is 50.6. The second kappa shape index (κ2) is 19.3. The molecule has 2 saturated carbocycles. The molecule has 19 heteroatoms. The lowest BCUT2D eigenvalue weighted by Gasteiger charge is -2.49. The number of rotatable bonds is 9. The Morgan fingerprint density at radius 3 is 1.42 bits per heavy atom. The molecule has 1 N–H and O–H groups in total. The van der Waals surface area contributed by atoms with Crippen molar-refractivity contribution in [1.29, 1.82) is 0 Å². The van der Waals surface area contributed by atoms with Gasteiger partial charge in [-0.2, -0.15) is 8.42 Å². The van der Waals surface area contributed by atoms with Crippen molar-refractivity contribution in [2.75, 3.05) is 26.4 Å². The van der Waals surface area contributed by atoms with Gasteiger partial charge in [-0.25, -0.2) is 34.4 Å². The largest absolute Gasteiger partial charge is 0.490 e. The monoisotopic (exact) mass is 1030 g/mol. The molecular formula is C48H48Cl2F4O10S3. The van der Waals surface area contributed by atoms with Crippen LogP contribution in [0.3, 0.4) is 0 Å². The highest BCUT2D eigenvalue weighted by Crippen LogP contribution is 2.59. The number of hydrogen-bond donors (Lipinski definition) is 1. The number of aliphatic hydroxyl groups is 1. The Bertz CT molecular complexity index is 2980. The number of aryl methyl sites for hydroxylation is 1. The summed E-state index contributed by atoms with van der Waals surface area (Å²) in [6.45, 7) is 1.33. The van der Waals surface area contributed by atoms with Crippen LogP contribution in [0.25, 0.3) is 0 Å². The summed E-state index contributed by atoms with van der Waals surface area (Å²) in [6.07, 6.45) is 1.12. The van der Waals surface area contributed by atoms with Crippen LogP contribution in [0.5, 0.6) is 11.5 Å². The lowest BCUT2D eigenvalue weighted by Crippen LogP contribution is -2.52. The van der Waals surface area contributed by atoms with Crippen LogP contribution in [0, 0.1) is 53.9 Å². The summed E-state index contributed by atoms with van der Waals surface area (Å²) in [5.74, 6) is -5.91. The van der Waals surface area contributed by atoms with E-state index in [0.29, 0.717) is 22.9 Å². The minimum atomic E-state index is -4.27. The van der Waals surface area contributed by atoms with Gasteiger partial charge in [0.1, 0.15) is 21.1 Å². The average Bonchev–Trinajstić information content (AvgIpc) is 3.30. The van der Waals surface area contributed by atoms with Crippen molar-refractivity contribution >= 4 is 53.0 Å². The molecule has 4 aliphatic rings. The van der Waals surface area contributed by atoms with Gasteiger partial charge in [-0.1, -0.05) is 48.3 Å². The zero-order valence-electron chi connectivity index (χ0n) is 35.2. The van der Waals surface area contributed by atoms with Crippen molar-refractivity contribution in [1.82, 2.24) is 0 Å². The second-order valence-electron chi connectivity index (χ2n) is 17.2. The Kier molecular flexibility index (Phi) is 14.6. The van der Waals surface area contributed by atoms with Crippen molar-refractivity contribution in [3.05, 3.63) is 147 Å². The van der Waals surface area contributed by atoms with Crippen LogP contribution in [0.2, 0.25) is 10.0 Å². The highest BCUT2D eigenvalue weighted by Gasteiger charge is 2.61. The molecule has 0 unspecified atom stereocenters. The van der Waals surface area contributed by atoms with E-state index in [1.807, 2.05) is 6.92 Å². The Morgan fingerprint density at radius 2 is 0.985 bits per heavy atom. The third kappa shape index (κ3) is 8.87. The van der Waals surface area contributed by atoms with Gasteiger partial charge < -0.3 is 14.6 Å². The topological polar surface area (TPSA) is 150 Å². The maximum atomic E-state index is 15.4. The molecule has 0 bridgehead atoms. The van der Waals surface area contributed by atoms with Gasteiger partial charge in [0.25, 0.3) is 10.1 Å². The summed E-state index contributed by atoms with van der Waals surface area (Å²) in [7, 11) is -12.4. The molecular weight excluding hydrogens is 980 g/mol. The Balaban J connectivity index is 0.000000205. The quantitative estimate of drug-likeness (QED) is 0.112. The smallest absolute Gasteiger partial charge is 0.296 e. The fraction of sp³-hybridized carbons (Fsp3) is 0.375. The van der Waals surface area contributed by atoms with Crippen LogP contribution in [-0.2, 0) is 43.5 Å². The third-order valence-corrected chi connectivity index (χ3v) is 20.4. The van der Waals surface area contributed by atoms with Gasteiger partial charge in [0.2, 0.25) is 0 Å². The molecule has 0 aromatic heterocycles. The number of sulfone groups is 2. The fourth-order valence-electron chi connectivity index (χ4n) is 10.1. The van der Waals surface area contributed by atoms with E-state index in [-0.39, 0.29) is 103 Å². The highest BCUT2D eigenvalue weighted by molar-refractivity contribution is 7.92. The lowest BCUT2D eigenvalue weighted by atomic mass is 9.69. The molecule has 360 valence electrons. The summed E-state index contributed by atoms with van der Waals surface area (Å²) in [4.78, 5) is -0.0491. The van der Waals surface area contributed by atoms with Gasteiger partial charge in [-0.05, 0) is 142 Å². The van der Waals surface area contributed by atoms with E-state index in [0.717, 1.165) is 29.8 Å². The normalized spacial score (nSPS) is 24.4. The number of benzene rings is 5. The van der Waals surface area contributed by atoms with E-state index in [4.69, 9.17) is 36.9 Å². The van der Waals surface area contributed by atoms with E-state index in [9.17, 15) is 43.5 Å². The number of aliphatic hydroxyl groups excluding tert-OH is 1. The van der Waals surface area contributed by atoms with Crippen molar-refractivity contribution < 1.29 is 61.6 Å². The van der Waals surface area contributed by atoms with Gasteiger partial charge >= 0.3 is 0 Å². The Labute approximate surface area is 398 Å². The summed E-state index contributed by atoms with van der Waals surface area (Å²) in [5, 5.41) is 10.3. The van der Waals surface area contributed by atoms with E-state index in [2.05, 4.69) is 0 Å². The molecule has 9 rings (SSSR count). The standard InChI is InChI=1S/C27H25ClF2O6S2.C20H19ClF2O4S.CH4/c1-17-2-6-22(7-3-17)38(33,34)36-15-18-12-13-27(37(31,32)21-8-4-20(28)5-9-21)19(14-18)16-35-26-24(30)11-10-23(29)25(26)27;21-14-1-3-15(4-2-14)28(25,26)20-8-7-12(10-24)9-13(20)11-27-19-17(23)6-5-16(22)18(19)20;/h2-11,18-19H,12-16H2,1H3;1-6,12-13,24H,7-11H2;1H4/t18-,19-,27+;12-,13-,20+;/m11./s1. The second-order valence-corrected chi connectivity index (χ2v) is 24.1. The molecule has 2 heterocycles. The summed E-state index contributed by atoms with van der Waals surface area (Å²) < 4.78 is 154. The van der Waals surface area contributed by atoms with Crippen molar-refractivity contribution in [3.8, 4) is 11.5 Å². The summed E-state index contributed by atoms with van der Waals surface area (Å²) in [5.41, 5.74) is 0.334. The minimum absolute atomic E-state index is 0. The molecule has 2 aliphatic heterocycles. The molecule has 0 radical (unpaired) electrons. The van der Waals surface area contributed by atoms with Gasteiger partial charge in [0, 0.05) is 28.5 Å². The molecule has 0 saturated heterocycles. The first-order valence-corrected chi connectivity index (χ1v) is 26.2. The van der Waals surface area contributed by atoms with E-state index >= 15 is 4.39 Å². The molecule has 0 spiro atoms. The van der Waals surface area contributed by atoms with Crippen LogP contribution in [0.15, 0.2) is 112 Å². The van der Waals surface area contributed by atoms with Crippen molar-refractivity contribution in [2.24, 2.45) is 23.7 Å². The van der Waals surface area contributed by atoms with Crippen LogP contribution < -0.4 is 9.47 Å². The summed E-state index contributed by atoms with van der Waals surface area (Å²) in [6, 6.07) is 21.2. The number of hydrogen-bond acceptors (Lipinski definition) is 10. The molecule has 6 atom stereocenters. The number of ether oxygens (including phenoxy) is 2. The SMILES string of the molecule is C.Cc1ccc(S(=O)(=O)OC[C@@H]2CC[C@@]3(S(=O)(=O)c4ccc(Cl)cc4)c4c(F)ccc(F)c4OC[C@H]3C2)cc1.O=S(=O)(c1ccc(Cl)cc1)[C@@]12CC[C@@H](CO)C[C@@H]1COc1c(F)ccc(F)c12. The Morgan fingerprint density at radius 1 is 0.597 bits per heavy atom. The maximum Gasteiger partial charge on any atom is 0.296 e. The molecule has 5 aromatic carbocycles. The number of fused-ring (bicyclic) bond motifs is 6. The van der Waals surface area contributed by atoms with E-state index in [1.54, 1.807) is 12.1 Å². The summed E-state index contributed by atoms with van der Waals surface area (Å²) >= 11 is 11.9. The first-order valence-electron chi connectivity index (χ1n) is 21.1. The van der Waals surface area contributed by atoms with Gasteiger partial charge in [0.05, 0.1) is 45.6 Å². The van der Waals surface area contributed by atoms with Crippen LogP contribution in [0.1, 0.15) is 62.6 Å². The van der Waals surface area contributed by atoms with Crippen molar-refractivity contribution in [2.45, 2.75) is 77.1 Å². The number of halogens is 6. The van der Waals surface area contributed by atoms with Crippen LogP contribution in [0.4, 0.5) is 17.6 Å². The molecule has 10 nitrogen and oxygen atoms in total. The maximum absolute atomic E-state index is 15.4. The molecule has 67 heavy (non-hydrogen) atoms. The third-order valence-electron chi connectivity index (χ3n) is 13.5. The van der Waals surface area contributed by atoms with Crippen molar-refractivity contribution in [3.63, 3.8) is 0 Å². The molecule has 0 amide bonds. The Hall–Kier alpha value is -4.23. The van der Waals surface area contributed by atoms with E-state index in [1.165, 1.54) is 60.7 Å². The van der Waals surface area contributed by atoms with Gasteiger partial charge in [-0.15, -0.1) is 0 Å². The van der Waals surface area contributed by atoms with Crippen LogP contribution in [-0.4, -0.2) is 56.8 Å². The lowest BCUT2D eigenvalue weighted by molar-refractivity contribution is 0.0744. The fourth-order valence-corrected chi connectivity index (χ4v) is 16.1. The zero-order valence-corrected chi connectivity index (χ0v) is 39.2. The molecule has 5 aromatic rings. The molecule has 2 aliphatic carbocycles. The highest BCUT2D eigenvalue weighted by atomic mass is 35.5. The zero-order chi connectivity index (χ0) is 47.4. The molecule has 2 fully saturated rings. The van der Waals surface area contributed by atoms with E-state index < -0.39 is 80.1 Å². The van der Waals surface area contributed by atoms with Crippen LogP contribution >= 0.6 is 23.2 Å².